The van der Waals surface area contributed by atoms with E-state index in [4.69, 9.17) is 19.6 Å². The lowest BCUT2D eigenvalue weighted by Gasteiger charge is -2.34. The van der Waals surface area contributed by atoms with Crippen LogP contribution in [0, 0.1) is 0 Å². The van der Waals surface area contributed by atoms with Crippen LogP contribution in [0.15, 0.2) is 21.2 Å². The number of hydrogen-bond acceptors (Lipinski definition) is 5. The third kappa shape index (κ3) is 4.57. The van der Waals surface area contributed by atoms with Crippen molar-refractivity contribution in [3.63, 3.8) is 0 Å². The van der Waals surface area contributed by atoms with Gasteiger partial charge in [0, 0.05) is 33.4 Å². The highest BCUT2D eigenvalue weighted by molar-refractivity contribution is 9.10. The maximum atomic E-state index is 5.94. The van der Waals surface area contributed by atoms with Gasteiger partial charge in [-0.15, -0.1) is 0 Å². The molecule has 19 heavy (non-hydrogen) atoms. The Hall–Kier alpha value is -0.400. The molecule has 0 fully saturated rings. The Kier molecular flexibility index (Phi) is 7.63. The summed E-state index contributed by atoms with van der Waals surface area (Å²) >= 11 is 3.49. The number of halogens is 1. The van der Waals surface area contributed by atoms with Crippen molar-refractivity contribution in [3.05, 3.63) is 22.6 Å². The molecule has 6 heteroatoms. The molecule has 0 spiro atoms. The Morgan fingerprint density at radius 3 is 2.63 bits per heavy atom. The second-order valence-corrected chi connectivity index (χ2v) is 5.27. The smallest absolute Gasteiger partial charge is 0.136 e. The van der Waals surface area contributed by atoms with Crippen LogP contribution in [0.4, 0.5) is 0 Å². The Balaban J connectivity index is 2.89. The second-order valence-electron chi connectivity index (χ2n) is 4.42. The molecule has 0 saturated carbocycles. The zero-order valence-corrected chi connectivity index (χ0v) is 13.4. The van der Waals surface area contributed by atoms with Gasteiger partial charge in [-0.25, -0.2) is 0 Å². The molecule has 2 unspecified atom stereocenters. The fourth-order valence-corrected chi connectivity index (χ4v) is 2.62. The van der Waals surface area contributed by atoms with Crippen molar-refractivity contribution in [2.45, 2.75) is 19.0 Å². The first kappa shape index (κ1) is 16.7. The summed E-state index contributed by atoms with van der Waals surface area (Å²) in [4.78, 5) is 2.25. The third-order valence-corrected chi connectivity index (χ3v) is 3.75. The molecule has 0 radical (unpaired) electrons. The summed E-state index contributed by atoms with van der Waals surface area (Å²) in [6.45, 7) is 4.64. The Morgan fingerprint density at radius 1 is 1.42 bits per heavy atom. The molecule has 1 rings (SSSR count). The number of nitrogens with zero attached hydrogens (tertiary/aromatic N) is 1. The van der Waals surface area contributed by atoms with Crippen molar-refractivity contribution in [1.29, 1.82) is 0 Å². The van der Waals surface area contributed by atoms with E-state index in [1.54, 1.807) is 20.5 Å². The van der Waals surface area contributed by atoms with Crippen molar-refractivity contribution in [2.24, 2.45) is 5.73 Å². The first-order chi connectivity index (χ1) is 9.15. The number of hydrogen-bond donors (Lipinski definition) is 1. The Morgan fingerprint density at radius 2 is 2.16 bits per heavy atom. The van der Waals surface area contributed by atoms with E-state index >= 15 is 0 Å². The van der Waals surface area contributed by atoms with Crippen LogP contribution in [0.5, 0.6) is 0 Å². The molecule has 0 amide bonds. The summed E-state index contributed by atoms with van der Waals surface area (Å²) in [6.07, 6.45) is 1.66. The minimum atomic E-state index is 0.00433. The molecule has 1 aromatic heterocycles. The molecule has 2 N–H and O–H groups in total. The molecule has 1 aromatic rings. The highest BCUT2D eigenvalue weighted by Crippen LogP contribution is 2.29. The lowest BCUT2D eigenvalue weighted by molar-refractivity contribution is 0.0422. The van der Waals surface area contributed by atoms with Crippen LogP contribution in [-0.4, -0.2) is 51.5 Å². The standard InChI is InChI=1S/C13H23BrN2O3/c1-10(9-18-3)16(5-7-17-2)12(8-15)13-11(14)4-6-19-13/h4,6,10,12H,5,7-9,15H2,1-3H3. The monoisotopic (exact) mass is 334 g/mol. The molecular weight excluding hydrogens is 312 g/mol. The van der Waals surface area contributed by atoms with Crippen LogP contribution in [0.25, 0.3) is 0 Å². The van der Waals surface area contributed by atoms with Gasteiger partial charge in [0.2, 0.25) is 0 Å². The molecule has 0 aliphatic rings. The van der Waals surface area contributed by atoms with E-state index in [1.165, 1.54) is 0 Å². The van der Waals surface area contributed by atoms with Crippen LogP contribution in [0.1, 0.15) is 18.7 Å². The van der Waals surface area contributed by atoms with Gasteiger partial charge in [0.25, 0.3) is 0 Å². The predicted molar refractivity (Wildman–Crippen MR) is 78.1 cm³/mol. The average Bonchev–Trinajstić information content (AvgIpc) is 2.81. The fourth-order valence-electron chi connectivity index (χ4n) is 2.15. The number of ether oxygens (including phenoxy) is 2. The third-order valence-electron chi connectivity index (χ3n) is 3.10. The molecule has 2 atom stereocenters. The van der Waals surface area contributed by atoms with Gasteiger partial charge in [-0.1, -0.05) is 0 Å². The van der Waals surface area contributed by atoms with Gasteiger partial charge in [0.1, 0.15) is 5.76 Å². The van der Waals surface area contributed by atoms with E-state index in [9.17, 15) is 0 Å². The highest BCUT2D eigenvalue weighted by atomic mass is 79.9. The highest BCUT2D eigenvalue weighted by Gasteiger charge is 2.27. The van der Waals surface area contributed by atoms with Crippen molar-refractivity contribution >= 4 is 15.9 Å². The number of rotatable bonds is 9. The van der Waals surface area contributed by atoms with Crippen LogP contribution >= 0.6 is 15.9 Å². The average molecular weight is 335 g/mol. The van der Waals surface area contributed by atoms with Gasteiger partial charge in [0.05, 0.1) is 30.0 Å². The van der Waals surface area contributed by atoms with Crippen LogP contribution in [0.2, 0.25) is 0 Å². The molecule has 110 valence electrons. The predicted octanol–water partition coefficient (Wildman–Crippen LogP) is 2.03. The fraction of sp³-hybridized carbons (Fsp3) is 0.692. The van der Waals surface area contributed by atoms with E-state index in [2.05, 4.69) is 27.8 Å². The lowest BCUT2D eigenvalue weighted by Crippen LogP contribution is -2.43. The number of furan rings is 1. The van der Waals surface area contributed by atoms with Crippen LogP contribution in [0.3, 0.4) is 0 Å². The Labute approximate surface area is 123 Å². The molecular formula is C13H23BrN2O3. The molecule has 0 aliphatic heterocycles. The number of methoxy groups -OCH3 is 2. The molecule has 0 aliphatic carbocycles. The minimum absolute atomic E-state index is 0.00433. The van der Waals surface area contributed by atoms with E-state index in [0.717, 1.165) is 16.8 Å². The van der Waals surface area contributed by atoms with E-state index < -0.39 is 0 Å². The first-order valence-corrected chi connectivity index (χ1v) is 7.11. The largest absolute Gasteiger partial charge is 0.466 e. The van der Waals surface area contributed by atoms with Crippen molar-refractivity contribution in [3.8, 4) is 0 Å². The van der Waals surface area contributed by atoms with E-state index in [-0.39, 0.29) is 12.1 Å². The lowest BCUT2D eigenvalue weighted by atomic mass is 10.1. The SMILES string of the molecule is COCCN(C(C)COC)C(CN)c1occc1Br. The van der Waals surface area contributed by atoms with E-state index in [0.29, 0.717) is 19.8 Å². The van der Waals surface area contributed by atoms with Gasteiger partial charge in [-0.3, -0.25) is 4.90 Å². The molecule has 1 heterocycles. The van der Waals surface area contributed by atoms with Gasteiger partial charge < -0.3 is 19.6 Å². The maximum absolute atomic E-state index is 5.94. The maximum Gasteiger partial charge on any atom is 0.136 e. The molecule has 0 saturated heterocycles. The van der Waals surface area contributed by atoms with Gasteiger partial charge in [-0.05, 0) is 28.9 Å². The Bertz CT molecular complexity index is 359. The summed E-state index contributed by atoms with van der Waals surface area (Å²) in [5, 5.41) is 0. The molecule has 5 nitrogen and oxygen atoms in total. The van der Waals surface area contributed by atoms with Crippen molar-refractivity contribution < 1.29 is 13.9 Å². The van der Waals surface area contributed by atoms with Crippen molar-refractivity contribution in [1.82, 2.24) is 4.90 Å². The number of nitrogens with two attached hydrogens (primary N) is 1. The van der Waals surface area contributed by atoms with Crippen LogP contribution < -0.4 is 5.73 Å². The topological polar surface area (TPSA) is 60.9 Å². The first-order valence-electron chi connectivity index (χ1n) is 6.32. The molecule has 0 bridgehead atoms. The van der Waals surface area contributed by atoms with Crippen LogP contribution in [-0.2, 0) is 9.47 Å². The summed E-state index contributed by atoms with van der Waals surface area (Å²) < 4.78 is 16.9. The second kappa shape index (κ2) is 8.71. The minimum Gasteiger partial charge on any atom is -0.466 e. The zero-order chi connectivity index (χ0) is 14.3. The molecule has 0 aromatic carbocycles. The van der Waals surface area contributed by atoms with Crippen molar-refractivity contribution in [2.75, 3.05) is 40.5 Å². The summed E-state index contributed by atoms with van der Waals surface area (Å²) in [5.41, 5.74) is 5.94. The van der Waals surface area contributed by atoms with Gasteiger partial charge >= 0.3 is 0 Å². The zero-order valence-electron chi connectivity index (χ0n) is 11.8. The summed E-state index contributed by atoms with van der Waals surface area (Å²) in [7, 11) is 3.39. The quantitative estimate of drug-likeness (QED) is 0.748. The van der Waals surface area contributed by atoms with Gasteiger partial charge in [-0.2, -0.15) is 0 Å². The van der Waals surface area contributed by atoms with E-state index in [1.807, 2.05) is 6.07 Å². The summed E-state index contributed by atoms with van der Waals surface area (Å²) in [5.74, 6) is 0.849. The summed E-state index contributed by atoms with van der Waals surface area (Å²) in [6, 6.07) is 2.11. The van der Waals surface area contributed by atoms with Gasteiger partial charge in [0.15, 0.2) is 0 Å². The normalized spacial score (nSPS) is 14.8.